The molecule has 1 aliphatic heterocycles. The van der Waals surface area contributed by atoms with E-state index in [2.05, 4.69) is 25.2 Å². The van der Waals surface area contributed by atoms with E-state index in [9.17, 15) is 9.59 Å². The van der Waals surface area contributed by atoms with Crippen molar-refractivity contribution in [3.63, 3.8) is 0 Å². The molecule has 0 atom stereocenters. The Morgan fingerprint density at radius 3 is 2.29 bits per heavy atom. The fourth-order valence-corrected chi connectivity index (χ4v) is 4.24. The lowest BCUT2D eigenvalue weighted by molar-refractivity contribution is -0.120. The minimum atomic E-state index is -0.0998. The average Bonchev–Trinajstić information content (AvgIpc) is 3.00. The molecule has 0 spiro atoms. The molecule has 150 valence electrons. The summed E-state index contributed by atoms with van der Waals surface area (Å²) < 4.78 is 0. The Balaban J connectivity index is 1.60. The van der Waals surface area contributed by atoms with Crippen molar-refractivity contribution in [1.82, 2.24) is 19.9 Å². The number of hydrogen-bond donors (Lipinski definition) is 1. The number of carbonyl (C=O) groups is 2. The minimum Gasteiger partial charge on any atom is -0.344 e. The van der Waals surface area contributed by atoms with E-state index in [1.807, 2.05) is 19.9 Å². The molecule has 9 heteroatoms. The van der Waals surface area contributed by atoms with Crippen LogP contribution in [0.2, 0.25) is 0 Å². The van der Waals surface area contributed by atoms with E-state index in [4.69, 9.17) is 0 Å². The van der Waals surface area contributed by atoms with Gasteiger partial charge in [0.05, 0.1) is 5.69 Å². The molecule has 1 N–H and O–H groups in total. The molecule has 0 saturated carbocycles. The number of hydrogen-bond acceptors (Lipinski definition) is 7. The second kappa shape index (κ2) is 8.22. The molecule has 3 heterocycles. The number of thiazole rings is 1. The van der Waals surface area contributed by atoms with Crippen molar-refractivity contribution in [2.45, 2.75) is 33.6 Å². The zero-order valence-electron chi connectivity index (χ0n) is 16.9. The summed E-state index contributed by atoms with van der Waals surface area (Å²) >= 11 is 1.22. The summed E-state index contributed by atoms with van der Waals surface area (Å²) in [6.45, 7) is 7.18. The van der Waals surface area contributed by atoms with Crippen molar-refractivity contribution in [1.29, 1.82) is 0 Å². The number of rotatable bonds is 4. The number of anilines is 2. The van der Waals surface area contributed by atoms with Gasteiger partial charge in [-0.15, -0.1) is 0 Å². The maximum atomic E-state index is 12.7. The van der Waals surface area contributed by atoms with Crippen LogP contribution in [-0.2, 0) is 4.79 Å². The monoisotopic (exact) mass is 402 g/mol. The maximum Gasteiger partial charge on any atom is 0.265 e. The third-order valence-corrected chi connectivity index (χ3v) is 5.81. The van der Waals surface area contributed by atoms with Gasteiger partial charge in [0, 0.05) is 44.5 Å². The highest BCUT2D eigenvalue weighted by molar-refractivity contribution is 7.17. The molecule has 2 amide bonds. The van der Waals surface area contributed by atoms with Crippen LogP contribution < -0.4 is 10.2 Å². The third kappa shape index (κ3) is 4.46. The molecule has 1 saturated heterocycles. The normalized spacial score (nSPS) is 14.8. The van der Waals surface area contributed by atoms with Gasteiger partial charge in [-0.2, -0.15) is 0 Å². The maximum absolute atomic E-state index is 12.7. The third-order valence-electron chi connectivity index (χ3n) is 4.75. The Kier molecular flexibility index (Phi) is 5.93. The first-order chi connectivity index (χ1) is 13.2. The van der Waals surface area contributed by atoms with Crippen molar-refractivity contribution in [3.8, 4) is 0 Å². The lowest BCUT2D eigenvalue weighted by Gasteiger charge is -2.31. The van der Waals surface area contributed by atoms with Crippen LogP contribution in [0.15, 0.2) is 6.07 Å². The van der Waals surface area contributed by atoms with Gasteiger partial charge in [-0.1, -0.05) is 11.3 Å². The largest absolute Gasteiger partial charge is 0.344 e. The first-order valence-electron chi connectivity index (χ1n) is 9.31. The summed E-state index contributed by atoms with van der Waals surface area (Å²) in [5, 5.41) is 3.37. The molecule has 1 fully saturated rings. The van der Waals surface area contributed by atoms with Crippen LogP contribution in [0.3, 0.4) is 0 Å². The molecule has 0 radical (unpaired) electrons. The van der Waals surface area contributed by atoms with Crippen LogP contribution in [0.5, 0.6) is 0 Å². The predicted molar refractivity (Wildman–Crippen MR) is 110 cm³/mol. The fourth-order valence-electron chi connectivity index (χ4n) is 3.25. The lowest BCUT2D eigenvalue weighted by Crippen LogP contribution is -2.39. The van der Waals surface area contributed by atoms with Crippen molar-refractivity contribution < 1.29 is 9.59 Å². The molecule has 0 bridgehead atoms. The summed E-state index contributed by atoms with van der Waals surface area (Å²) in [5.74, 6) is 0.508. The number of piperidine rings is 1. The van der Waals surface area contributed by atoms with E-state index in [-0.39, 0.29) is 17.7 Å². The molecule has 2 aromatic heterocycles. The average molecular weight is 403 g/mol. The quantitative estimate of drug-likeness (QED) is 0.844. The highest BCUT2D eigenvalue weighted by atomic mass is 32.1. The van der Waals surface area contributed by atoms with Gasteiger partial charge in [-0.3, -0.25) is 9.59 Å². The van der Waals surface area contributed by atoms with Crippen molar-refractivity contribution >= 4 is 34.2 Å². The van der Waals surface area contributed by atoms with Crippen LogP contribution in [-0.4, -0.2) is 58.9 Å². The minimum absolute atomic E-state index is 0.0430. The highest BCUT2D eigenvalue weighted by Crippen LogP contribution is 2.26. The van der Waals surface area contributed by atoms with Gasteiger partial charge < -0.3 is 15.1 Å². The van der Waals surface area contributed by atoms with E-state index in [1.54, 1.807) is 21.0 Å². The van der Waals surface area contributed by atoms with Crippen LogP contribution in [0.4, 0.5) is 11.1 Å². The van der Waals surface area contributed by atoms with Crippen molar-refractivity contribution in [2.75, 3.05) is 37.4 Å². The summed E-state index contributed by atoms with van der Waals surface area (Å²) in [4.78, 5) is 42.4. The van der Waals surface area contributed by atoms with E-state index >= 15 is 0 Å². The summed E-state index contributed by atoms with van der Waals surface area (Å²) in [5.41, 5.74) is 2.54. The Hall–Kier alpha value is -2.55. The Labute approximate surface area is 169 Å². The van der Waals surface area contributed by atoms with Crippen LogP contribution in [0, 0.1) is 26.7 Å². The first-order valence-corrected chi connectivity index (χ1v) is 10.1. The van der Waals surface area contributed by atoms with Crippen molar-refractivity contribution in [3.05, 3.63) is 28.0 Å². The summed E-state index contributed by atoms with van der Waals surface area (Å²) in [7, 11) is 3.40. The van der Waals surface area contributed by atoms with E-state index in [1.165, 1.54) is 16.2 Å². The molecule has 8 nitrogen and oxygen atoms in total. The number of nitrogens with zero attached hydrogens (tertiary/aromatic N) is 5. The van der Waals surface area contributed by atoms with E-state index in [0.717, 1.165) is 43.3 Å². The van der Waals surface area contributed by atoms with Crippen LogP contribution in [0.1, 0.15) is 39.6 Å². The molecule has 0 aromatic carbocycles. The number of aryl methyl sites for hydroxylation is 3. The number of nitrogens with one attached hydrogen (secondary N) is 1. The lowest BCUT2D eigenvalue weighted by atomic mass is 9.96. The van der Waals surface area contributed by atoms with Gasteiger partial charge in [-0.05, 0) is 39.7 Å². The Morgan fingerprint density at radius 1 is 1.11 bits per heavy atom. The Morgan fingerprint density at radius 2 is 1.71 bits per heavy atom. The molecular formula is C19H26N6O2S. The SMILES string of the molecule is Cc1cc(C)nc(N2CCC(C(=O)Nc3nc(C)c(C(=O)N(C)C)s3)CC2)n1. The molecular weight excluding hydrogens is 376 g/mol. The van der Waals surface area contributed by atoms with Gasteiger partial charge in [0.15, 0.2) is 5.13 Å². The summed E-state index contributed by atoms with van der Waals surface area (Å²) in [6.07, 6.45) is 1.46. The highest BCUT2D eigenvalue weighted by Gasteiger charge is 2.27. The summed E-state index contributed by atoms with van der Waals surface area (Å²) in [6, 6.07) is 1.95. The molecule has 0 aliphatic carbocycles. The van der Waals surface area contributed by atoms with Gasteiger partial charge in [0.25, 0.3) is 5.91 Å². The van der Waals surface area contributed by atoms with Gasteiger partial charge in [0.1, 0.15) is 4.88 Å². The smallest absolute Gasteiger partial charge is 0.265 e. The van der Waals surface area contributed by atoms with Gasteiger partial charge in [-0.25, -0.2) is 15.0 Å². The molecule has 3 rings (SSSR count). The Bertz CT molecular complexity index is 866. The van der Waals surface area contributed by atoms with E-state index < -0.39 is 0 Å². The number of amides is 2. The number of aromatic nitrogens is 3. The van der Waals surface area contributed by atoms with Crippen molar-refractivity contribution in [2.24, 2.45) is 5.92 Å². The van der Waals surface area contributed by atoms with Crippen LogP contribution >= 0.6 is 11.3 Å². The molecule has 28 heavy (non-hydrogen) atoms. The standard InChI is InChI=1S/C19H26N6O2S/c1-11-10-12(2)21-18(20-11)25-8-6-14(7-9-25)16(26)23-19-22-13(3)15(28-19)17(27)24(4)5/h10,14H,6-9H2,1-5H3,(H,22,23,26). The second-order valence-electron chi connectivity index (χ2n) is 7.33. The topological polar surface area (TPSA) is 91.3 Å². The molecule has 2 aromatic rings. The molecule has 1 aliphatic rings. The second-order valence-corrected chi connectivity index (χ2v) is 8.33. The molecule has 0 unspecified atom stereocenters. The van der Waals surface area contributed by atoms with Gasteiger partial charge in [0.2, 0.25) is 11.9 Å². The predicted octanol–water partition coefficient (Wildman–Crippen LogP) is 2.42. The first kappa shape index (κ1) is 20.2. The number of carbonyl (C=O) groups excluding carboxylic acids is 2. The zero-order chi connectivity index (χ0) is 20.4. The van der Waals surface area contributed by atoms with E-state index in [0.29, 0.717) is 15.7 Å². The fraction of sp³-hybridized carbons (Fsp3) is 0.526. The van der Waals surface area contributed by atoms with Crippen LogP contribution in [0.25, 0.3) is 0 Å². The van der Waals surface area contributed by atoms with Gasteiger partial charge >= 0.3 is 0 Å². The zero-order valence-corrected chi connectivity index (χ0v) is 17.8.